The molecule has 0 spiro atoms. The molecule has 2 atom stereocenters. The highest BCUT2D eigenvalue weighted by molar-refractivity contribution is 5.34. The average molecular weight is 268 g/mol. The molecule has 4 rings (SSSR count). The number of fused-ring (bicyclic) bond motifs is 2. The Hall–Kier alpha value is -1.68. The Labute approximate surface area is 119 Å². The van der Waals surface area contributed by atoms with Crippen molar-refractivity contribution in [3.05, 3.63) is 47.0 Å². The quantitative estimate of drug-likeness (QED) is 0.930. The molecular weight excluding hydrogens is 248 g/mol. The van der Waals surface area contributed by atoms with E-state index in [1.165, 1.54) is 30.4 Å². The minimum Gasteiger partial charge on any atom is -0.314 e. The topological polar surface area (TPSA) is 42.7 Å². The molecule has 2 heterocycles. The first-order valence-corrected chi connectivity index (χ1v) is 7.59. The van der Waals surface area contributed by atoms with Crippen molar-refractivity contribution in [2.45, 2.75) is 51.2 Å². The molecule has 104 valence electrons. The van der Waals surface area contributed by atoms with Crippen LogP contribution in [0.1, 0.15) is 54.6 Å². The smallest absolute Gasteiger partial charge is 0.149 e. The van der Waals surface area contributed by atoms with Crippen LogP contribution < -0.4 is 5.32 Å². The molecule has 0 bridgehead atoms. The van der Waals surface area contributed by atoms with Crippen LogP contribution in [0.15, 0.2) is 24.3 Å². The minimum atomic E-state index is 0.255. The molecule has 1 aliphatic carbocycles. The molecule has 20 heavy (non-hydrogen) atoms. The summed E-state index contributed by atoms with van der Waals surface area (Å²) in [5.41, 5.74) is 2.95. The number of aromatic nitrogens is 3. The van der Waals surface area contributed by atoms with Gasteiger partial charge in [-0.3, -0.25) is 0 Å². The summed E-state index contributed by atoms with van der Waals surface area (Å²) in [4.78, 5) is 0. The number of benzene rings is 1. The van der Waals surface area contributed by atoms with Gasteiger partial charge in [-0.1, -0.05) is 24.3 Å². The summed E-state index contributed by atoms with van der Waals surface area (Å²) in [6.07, 6.45) is 4.64. The molecular formula is C16H20N4. The highest BCUT2D eigenvalue weighted by atomic mass is 15.3. The molecule has 0 radical (unpaired) electrons. The van der Waals surface area contributed by atoms with Crippen molar-refractivity contribution in [2.75, 3.05) is 0 Å². The lowest BCUT2D eigenvalue weighted by Gasteiger charge is -2.20. The van der Waals surface area contributed by atoms with E-state index < -0.39 is 0 Å². The van der Waals surface area contributed by atoms with Crippen LogP contribution in [0.4, 0.5) is 0 Å². The van der Waals surface area contributed by atoms with Gasteiger partial charge in [0.2, 0.25) is 0 Å². The molecule has 2 aliphatic rings. The largest absolute Gasteiger partial charge is 0.314 e. The van der Waals surface area contributed by atoms with Gasteiger partial charge in [-0.2, -0.15) is 0 Å². The van der Waals surface area contributed by atoms with Crippen LogP contribution in [-0.4, -0.2) is 14.8 Å². The molecule has 1 aromatic carbocycles. The van der Waals surface area contributed by atoms with Crippen molar-refractivity contribution in [3.8, 4) is 0 Å². The van der Waals surface area contributed by atoms with Crippen molar-refractivity contribution in [2.24, 2.45) is 0 Å². The number of nitrogens with zero attached hydrogens (tertiary/aromatic N) is 3. The number of rotatable bonds is 3. The third-order valence-electron chi connectivity index (χ3n) is 4.61. The summed E-state index contributed by atoms with van der Waals surface area (Å²) < 4.78 is 2.29. The number of aryl methyl sites for hydroxylation is 2. The van der Waals surface area contributed by atoms with E-state index in [1.54, 1.807) is 0 Å². The molecule has 4 nitrogen and oxygen atoms in total. The van der Waals surface area contributed by atoms with Gasteiger partial charge in [0, 0.05) is 19.0 Å². The molecule has 0 fully saturated rings. The van der Waals surface area contributed by atoms with Crippen molar-refractivity contribution < 1.29 is 0 Å². The lowest BCUT2D eigenvalue weighted by atomic mass is 10.1. The summed E-state index contributed by atoms with van der Waals surface area (Å²) in [5.74, 6) is 2.25. The van der Waals surface area contributed by atoms with Crippen LogP contribution in [0, 0.1) is 0 Å². The third-order valence-corrected chi connectivity index (χ3v) is 4.61. The Kier molecular flexibility index (Phi) is 2.84. The second kappa shape index (κ2) is 4.70. The lowest BCUT2D eigenvalue weighted by Crippen LogP contribution is -2.25. The predicted molar refractivity (Wildman–Crippen MR) is 77.4 cm³/mol. The van der Waals surface area contributed by atoms with Crippen LogP contribution in [0.3, 0.4) is 0 Å². The highest BCUT2D eigenvalue weighted by Gasteiger charge is 2.26. The monoisotopic (exact) mass is 268 g/mol. The van der Waals surface area contributed by atoms with Crippen LogP contribution in [0.5, 0.6) is 0 Å². The molecule has 4 heteroatoms. The van der Waals surface area contributed by atoms with E-state index in [2.05, 4.69) is 51.3 Å². The van der Waals surface area contributed by atoms with E-state index in [0.717, 1.165) is 24.6 Å². The van der Waals surface area contributed by atoms with Crippen LogP contribution >= 0.6 is 0 Å². The summed E-state index contributed by atoms with van der Waals surface area (Å²) in [6, 6.07) is 9.48. The lowest BCUT2D eigenvalue weighted by molar-refractivity contribution is 0.437. The Morgan fingerprint density at radius 2 is 2.15 bits per heavy atom. The van der Waals surface area contributed by atoms with Gasteiger partial charge in [0.15, 0.2) is 0 Å². The number of nitrogens with one attached hydrogen (secondary N) is 1. The Bertz CT molecular complexity index is 631. The summed E-state index contributed by atoms with van der Waals surface area (Å²) in [7, 11) is 0. The normalized spacial score (nSPS) is 21.8. The Morgan fingerprint density at radius 3 is 3.10 bits per heavy atom. The SMILES string of the molecule is CC(NC1CCc2ccccc21)c1nnc2n1CCC2. The van der Waals surface area contributed by atoms with Crippen molar-refractivity contribution in [3.63, 3.8) is 0 Å². The van der Waals surface area contributed by atoms with Gasteiger partial charge in [0.05, 0.1) is 6.04 Å². The van der Waals surface area contributed by atoms with Gasteiger partial charge in [-0.05, 0) is 37.3 Å². The molecule has 0 saturated carbocycles. The number of hydrogen-bond donors (Lipinski definition) is 1. The third kappa shape index (κ3) is 1.86. The second-order valence-electron chi connectivity index (χ2n) is 5.91. The maximum atomic E-state index is 4.39. The average Bonchev–Trinajstić information content (AvgIpc) is 3.13. The fourth-order valence-corrected chi connectivity index (χ4v) is 3.60. The second-order valence-corrected chi connectivity index (χ2v) is 5.91. The number of hydrogen-bond acceptors (Lipinski definition) is 3. The van der Waals surface area contributed by atoms with Gasteiger partial charge in [-0.25, -0.2) is 0 Å². The van der Waals surface area contributed by atoms with Crippen LogP contribution in [-0.2, 0) is 19.4 Å². The van der Waals surface area contributed by atoms with Crippen molar-refractivity contribution in [1.29, 1.82) is 0 Å². The van der Waals surface area contributed by atoms with E-state index in [9.17, 15) is 0 Å². The zero-order valence-electron chi connectivity index (χ0n) is 11.8. The first kappa shape index (κ1) is 12.1. The molecule has 2 unspecified atom stereocenters. The van der Waals surface area contributed by atoms with Gasteiger partial charge >= 0.3 is 0 Å². The van der Waals surface area contributed by atoms with Gasteiger partial charge in [0.25, 0.3) is 0 Å². The van der Waals surface area contributed by atoms with Crippen LogP contribution in [0.2, 0.25) is 0 Å². The van der Waals surface area contributed by atoms with Gasteiger partial charge in [0.1, 0.15) is 11.6 Å². The fraction of sp³-hybridized carbons (Fsp3) is 0.500. The first-order valence-electron chi connectivity index (χ1n) is 7.59. The highest BCUT2D eigenvalue weighted by Crippen LogP contribution is 2.32. The van der Waals surface area contributed by atoms with Gasteiger partial charge < -0.3 is 9.88 Å². The van der Waals surface area contributed by atoms with Crippen molar-refractivity contribution in [1.82, 2.24) is 20.1 Å². The standard InChI is InChI=1S/C16H20N4/c1-11(16-19-18-15-7-4-10-20(15)16)17-14-9-8-12-5-2-3-6-13(12)14/h2-3,5-6,11,14,17H,4,7-10H2,1H3. The van der Waals surface area contributed by atoms with Crippen LogP contribution in [0.25, 0.3) is 0 Å². The van der Waals surface area contributed by atoms with E-state index in [0.29, 0.717) is 6.04 Å². The van der Waals surface area contributed by atoms with E-state index in [-0.39, 0.29) is 6.04 Å². The summed E-state index contributed by atoms with van der Waals surface area (Å²) >= 11 is 0. The molecule has 1 N–H and O–H groups in total. The van der Waals surface area contributed by atoms with E-state index in [1.807, 2.05) is 0 Å². The summed E-state index contributed by atoms with van der Waals surface area (Å²) in [5, 5.41) is 12.4. The summed E-state index contributed by atoms with van der Waals surface area (Å²) in [6.45, 7) is 3.28. The van der Waals surface area contributed by atoms with E-state index in [4.69, 9.17) is 0 Å². The Morgan fingerprint density at radius 1 is 1.25 bits per heavy atom. The van der Waals surface area contributed by atoms with Gasteiger partial charge in [-0.15, -0.1) is 10.2 Å². The van der Waals surface area contributed by atoms with E-state index >= 15 is 0 Å². The fourth-order valence-electron chi connectivity index (χ4n) is 3.60. The maximum Gasteiger partial charge on any atom is 0.149 e. The first-order chi connectivity index (χ1) is 9.83. The molecule has 1 aromatic heterocycles. The molecule has 2 aromatic rings. The zero-order valence-corrected chi connectivity index (χ0v) is 11.8. The Balaban J connectivity index is 1.55. The van der Waals surface area contributed by atoms with Crippen molar-refractivity contribution >= 4 is 0 Å². The molecule has 0 amide bonds. The minimum absolute atomic E-state index is 0.255. The maximum absolute atomic E-state index is 4.39. The molecule has 1 aliphatic heterocycles. The predicted octanol–water partition coefficient (Wildman–Crippen LogP) is 2.56. The zero-order chi connectivity index (χ0) is 13.5. The molecule has 0 saturated heterocycles.